The molecular formula is C30H36N4O9. The number of hydrogen-bond donors (Lipinski definition) is 2. The molecule has 1 aliphatic heterocycles. The van der Waals surface area contributed by atoms with Gasteiger partial charge in [-0.05, 0) is 37.8 Å². The number of amidine groups is 1. The molecule has 0 atom stereocenters. The van der Waals surface area contributed by atoms with Gasteiger partial charge in [-0.2, -0.15) is 0 Å². The zero-order chi connectivity index (χ0) is 31.1. The van der Waals surface area contributed by atoms with Crippen LogP contribution in [0.25, 0.3) is 0 Å². The number of rotatable bonds is 12. The Morgan fingerprint density at radius 1 is 0.860 bits per heavy atom. The summed E-state index contributed by atoms with van der Waals surface area (Å²) in [6.45, 7) is 3.66. The van der Waals surface area contributed by atoms with E-state index in [4.69, 9.17) is 29.5 Å². The molecule has 3 N–H and O–H groups in total. The van der Waals surface area contributed by atoms with Crippen LogP contribution in [0.5, 0.6) is 0 Å². The number of alkyl carbamates (subject to hydrolysis) is 1. The van der Waals surface area contributed by atoms with Crippen molar-refractivity contribution in [2.24, 2.45) is 10.9 Å². The van der Waals surface area contributed by atoms with Gasteiger partial charge >= 0.3 is 24.1 Å². The number of nitrogens with zero attached hydrogens (tertiary/aromatic N) is 2. The van der Waals surface area contributed by atoms with E-state index < -0.39 is 35.4 Å². The van der Waals surface area contributed by atoms with Crippen LogP contribution in [0.3, 0.4) is 0 Å². The molecular weight excluding hydrogens is 560 g/mol. The number of carbonyl (C=O) groups excluding carboxylic acids is 4. The highest BCUT2D eigenvalue weighted by Crippen LogP contribution is 2.25. The topological polar surface area (TPSA) is 168 Å². The summed E-state index contributed by atoms with van der Waals surface area (Å²) in [4.78, 5) is 56.7. The first-order valence-electron chi connectivity index (χ1n) is 13.8. The molecule has 1 heterocycles. The monoisotopic (exact) mass is 596 g/mol. The molecule has 0 aliphatic carbocycles. The molecule has 2 aromatic carbocycles. The summed E-state index contributed by atoms with van der Waals surface area (Å²) in [7, 11) is 0. The van der Waals surface area contributed by atoms with Crippen molar-refractivity contribution >= 4 is 30.0 Å². The molecule has 1 saturated heterocycles. The van der Waals surface area contributed by atoms with Crippen molar-refractivity contribution in [3.63, 3.8) is 0 Å². The fraction of sp³-hybridized carbons (Fsp3) is 0.367. The standard InChI is InChI=1S/C30H36N4O9/c1-3-39-25(35)19-24(26(36)40-4-2)43-33-27(31)30(32-28(37)41-20-22-11-7-5-8-12-22)15-17-34(18-16-30)29(38)42-21-23-13-9-6-10-14-23/h5-14,19H,3-4,15-18,20-21H2,1-2H3,(H2,31,33)(H,32,37)/b24-19+. The largest absolute Gasteiger partial charge is 0.463 e. The third kappa shape index (κ3) is 10.1. The average molecular weight is 597 g/mol. The molecule has 230 valence electrons. The van der Waals surface area contributed by atoms with Crippen LogP contribution in [0.2, 0.25) is 0 Å². The van der Waals surface area contributed by atoms with Crippen LogP contribution in [0.15, 0.2) is 77.7 Å². The number of oxime groups is 1. The zero-order valence-electron chi connectivity index (χ0n) is 24.2. The minimum absolute atomic E-state index is 0.00349. The van der Waals surface area contributed by atoms with E-state index in [0.717, 1.165) is 17.2 Å². The van der Waals surface area contributed by atoms with E-state index in [-0.39, 0.29) is 58.2 Å². The summed E-state index contributed by atoms with van der Waals surface area (Å²) >= 11 is 0. The Bertz CT molecular complexity index is 1290. The lowest BCUT2D eigenvalue weighted by Crippen LogP contribution is -2.63. The van der Waals surface area contributed by atoms with E-state index in [2.05, 4.69) is 10.5 Å². The lowest BCUT2D eigenvalue weighted by atomic mass is 9.86. The zero-order valence-corrected chi connectivity index (χ0v) is 24.2. The molecule has 1 fully saturated rings. The molecule has 0 radical (unpaired) electrons. The number of nitrogens with two attached hydrogens (primary N) is 1. The van der Waals surface area contributed by atoms with Gasteiger partial charge in [-0.15, -0.1) is 0 Å². The second-order valence-corrected chi connectivity index (χ2v) is 9.34. The Kier molecular flexibility index (Phi) is 12.4. The fourth-order valence-corrected chi connectivity index (χ4v) is 4.08. The van der Waals surface area contributed by atoms with Gasteiger partial charge in [-0.3, -0.25) is 0 Å². The summed E-state index contributed by atoms with van der Waals surface area (Å²) in [6.07, 6.45) is -0.295. The van der Waals surface area contributed by atoms with Crippen molar-refractivity contribution in [2.75, 3.05) is 26.3 Å². The first-order chi connectivity index (χ1) is 20.8. The predicted molar refractivity (Wildman–Crippen MR) is 154 cm³/mol. The van der Waals surface area contributed by atoms with Crippen LogP contribution in [-0.4, -0.2) is 66.7 Å². The van der Waals surface area contributed by atoms with E-state index in [9.17, 15) is 19.2 Å². The molecule has 13 nitrogen and oxygen atoms in total. The third-order valence-electron chi connectivity index (χ3n) is 6.38. The highest BCUT2D eigenvalue weighted by molar-refractivity contribution is 5.96. The maximum atomic E-state index is 12.9. The minimum atomic E-state index is -1.33. The van der Waals surface area contributed by atoms with Gasteiger partial charge in [-0.25, -0.2) is 19.2 Å². The summed E-state index contributed by atoms with van der Waals surface area (Å²) < 4.78 is 20.6. The molecule has 1 aliphatic rings. The number of likely N-dealkylation sites (tertiary alicyclic amines) is 1. The quantitative estimate of drug-likeness (QED) is 0.0705. The smallest absolute Gasteiger partial charge is 0.410 e. The summed E-state index contributed by atoms with van der Waals surface area (Å²) in [6, 6.07) is 18.3. The van der Waals surface area contributed by atoms with Crippen LogP contribution in [0, 0.1) is 0 Å². The summed E-state index contributed by atoms with van der Waals surface area (Å²) in [5.74, 6) is -2.60. The van der Waals surface area contributed by atoms with Crippen LogP contribution in [-0.2, 0) is 46.6 Å². The molecule has 3 rings (SSSR count). The van der Waals surface area contributed by atoms with Gasteiger partial charge in [-0.1, -0.05) is 65.8 Å². The Morgan fingerprint density at radius 3 is 1.98 bits per heavy atom. The number of nitrogens with one attached hydrogen (secondary N) is 1. The molecule has 13 heteroatoms. The van der Waals surface area contributed by atoms with Crippen molar-refractivity contribution in [2.45, 2.75) is 45.4 Å². The first-order valence-corrected chi connectivity index (χ1v) is 13.8. The highest BCUT2D eigenvalue weighted by Gasteiger charge is 2.42. The van der Waals surface area contributed by atoms with E-state index in [0.29, 0.717) is 0 Å². The van der Waals surface area contributed by atoms with Gasteiger partial charge in [0.2, 0.25) is 5.76 Å². The average Bonchev–Trinajstić information content (AvgIpc) is 3.02. The van der Waals surface area contributed by atoms with E-state index in [1.807, 2.05) is 48.5 Å². The van der Waals surface area contributed by atoms with Crippen molar-refractivity contribution in [3.05, 3.63) is 83.6 Å². The number of hydrogen-bond acceptors (Lipinski definition) is 10. The second-order valence-electron chi connectivity index (χ2n) is 9.34. The van der Waals surface area contributed by atoms with Crippen molar-refractivity contribution in [1.82, 2.24) is 10.2 Å². The normalized spacial score (nSPS) is 14.7. The number of benzene rings is 2. The minimum Gasteiger partial charge on any atom is -0.463 e. The Hall–Kier alpha value is -5.07. The van der Waals surface area contributed by atoms with Crippen LogP contribution < -0.4 is 11.1 Å². The Balaban J connectivity index is 1.75. The molecule has 2 aromatic rings. The number of piperidine rings is 1. The highest BCUT2D eigenvalue weighted by atomic mass is 16.7. The molecule has 43 heavy (non-hydrogen) atoms. The Morgan fingerprint density at radius 2 is 1.42 bits per heavy atom. The van der Waals surface area contributed by atoms with Gasteiger partial charge < -0.3 is 39.7 Å². The Labute approximate surface area is 249 Å². The van der Waals surface area contributed by atoms with Crippen LogP contribution in [0.4, 0.5) is 9.59 Å². The second kappa shape index (κ2) is 16.4. The van der Waals surface area contributed by atoms with E-state index in [1.54, 1.807) is 26.0 Å². The number of amides is 2. The summed E-state index contributed by atoms with van der Waals surface area (Å²) in [5, 5.41) is 6.62. The van der Waals surface area contributed by atoms with Gasteiger partial charge in [0.1, 0.15) is 18.8 Å². The van der Waals surface area contributed by atoms with Gasteiger partial charge in [0, 0.05) is 13.1 Å². The maximum Gasteiger partial charge on any atom is 0.410 e. The van der Waals surface area contributed by atoms with Crippen LogP contribution >= 0.6 is 0 Å². The SMILES string of the molecule is CCOC(=O)/C=C(/O/N=C(\N)C1(NC(=O)OCc2ccccc2)CCN(C(=O)OCc2ccccc2)CC1)C(=O)OCC. The van der Waals surface area contributed by atoms with E-state index in [1.165, 1.54) is 4.90 Å². The third-order valence-corrected chi connectivity index (χ3v) is 6.38. The molecule has 0 unspecified atom stereocenters. The van der Waals surface area contributed by atoms with Gasteiger partial charge in [0.15, 0.2) is 5.84 Å². The van der Waals surface area contributed by atoms with E-state index >= 15 is 0 Å². The molecule has 0 saturated carbocycles. The number of carbonyl (C=O) groups is 4. The van der Waals surface area contributed by atoms with Gasteiger partial charge in [0.05, 0.1) is 19.3 Å². The lowest BCUT2D eigenvalue weighted by molar-refractivity contribution is -0.144. The van der Waals surface area contributed by atoms with Gasteiger partial charge in [0.25, 0.3) is 0 Å². The van der Waals surface area contributed by atoms with Crippen molar-refractivity contribution in [1.29, 1.82) is 0 Å². The number of esters is 2. The molecule has 0 spiro atoms. The molecule has 0 bridgehead atoms. The van der Waals surface area contributed by atoms with Crippen molar-refractivity contribution < 1.29 is 43.0 Å². The molecule has 2 amide bonds. The molecule has 0 aromatic heterocycles. The summed E-state index contributed by atoms with van der Waals surface area (Å²) in [5.41, 5.74) is 6.62. The predicted octanol–water partition coefficient (Wildman–Crippen LogP) is 3.38. The van der Waals surface area contributed by atoms with Crippen molar-refractivity contribution in [3.8, 4) is 0 Å². The first kappa shape index (κ1) is 32.4. The van der Waals surface area contributed by atoms with Crippen LogP contribution in [0.1, 0.15) is 37.8 Å². The lowest BCUT2D eigenvalue weighted by Gasteiger charge is -2.40. The maximum absolute atomic E-state index is 12.9. The fourth-order valence-electron chi connectivity index (χ4n) is 4.08. The number of ether oxygens (including phenoxy) is 4.